The van der Waals surface area contributed by atoms with Gasteiger partial charge in [-0.25, -0.2) is 0 Å². The normalized spacial score (nSPS) is 8.86. The molecular formula is C6H8N3O5+. The van der Waals surface area contributed by atoms with Gasteiger partial charge in [-0.05, 0) is 6.07 Å². The van der Waals surface area contributed by atoms with Gasteiger partial charge >= 0.3 is 11.4 Å². The predicted octanol–water partition coefficient (Wildman–Crippen LogP) is 1.58. The van der Waals surface area contributed by atoms with E-state index in [-0.39, 0.29) is 6.15 Å². The molecule has 0 spiro atoms. The highest BCUT2D eigenvalue weighted by Crippen LogP contribution is 2.34. The Morgan fingerprint density at radius 2 is 1.71 bits per heavy atom. The monoisotopic (exact) mass is 202 g/mol. The zero-order valence-electron chi connectivity index (χ0n) is 7.21. The molecule has 0 unspecified atom stereocenters. The zero-order valence-corrected chi connectivity index (χ0v) is 7.21. The summed E-state index contributed by atoms with van der Waals surface area (Å²) in [5.74, 6) is -0.709. The van der Waals surface area contributed by atoms with Crippen LogP contribution in [0, 0.1) is 20.2 Å². The van der Waals surface area contributed by atoms with Gasteiger partial charge in [-0.15, -0.1) is 0 Å². The fourth-order valence-corrected chi connectivity index (χ4v) is 0.854. The van der Waals surface area contributed by atoms with Gasteiger partial charge in [0.05, 0.1) is 9.85 Å². The van der Waals surface area contributed by atoms with Crippen LogP contribution >= 0.6 is 0 Å². The number of phenolic OH excluding ortho intramolecular Hbond substituents is 1. The van der Waals surface area contributed by atoms with Gasteiger partial charge < -0.3 is 11.3 Å². The Kier molecular flexibility index (Phi) is 3.48. The number of nitro groups is 2. The average molecular weight is 202 g/mol. The molecule has 1 rings (SSSR count). The molecule has 1 aromatic rings. The highest BCUT2D eigenvalue weighted by molar-refractivity contribution is 5.60. The largest absolute Gasteiger partial charge is 0.502 e. The molecule has 0 saturated heterocycles. The van der Waals surface area contributed by atoms with Gasteiger partial charge in [0.2, 0.25) is 5.75 Å². The molecule has 0 atom stereocenters. The lowest BCUT2D eigenvalue weighted by molar-refractivity contribution is -0.423. The van der Waals surface area contributed by atoms with E-state index in [2.05, 4.69) is 0 Å². The van der Waals surface area contributed by atoms with Crippen LogP contribution in [0.3, 0.4) is 0 Å². The van der Waals surface area contributed by atoms with Crippen LogP contribution in [0.25, 0.3) is 0 Å². The standard InChI is InChI=1S/C6H4N2O5.H3N/c9-5-3-1-2-4(7(10)11)6(5)8(12)13;/h1-3,9H;1H3/p+1. The molecule has 0 bridgehead atoms. The van der Waals surface area contributed by atoms with Crippen LogP contribution in [-0.4, -0.2) is 15.0 Å². The lowest BCUT2D eigenvalue weighted by Crippen LogP contribution is -1.96. The van der Waals surface area contributed by atoms with Crippen molar-refractivity contribution in [2.24, 2.45) is 0 Å². The van der Waals surface area contributed by atoms with Crippen molar-refractivity contribution in [2.75, 3.05) is 0 Å². The highest BCUT2D eigenvalue weighted by Gasteiger charge is 2.27. The third-order valence-electron chi connectivity index (χ3n) is 1.37. The minimum Gasteiger partial charge on any atom is -0.502 e. The number of hydrogen-bond acceptors (Lipinski definition) is 5. The Hall–Kier alpha value is -2.22. The minimum atomic E-state index is -0.993. The molecule has 0 amide bonds. The number of nitro benzene ring substituents is 2. The molecule has 0 aliphatic heterocycles. The third-order valence-corrected chi connectivity index (χ3v) is 1.37. The minimum absolute atomic E-state index is 0. The van der Waals surface area contributed by atoms with Crippen LogP contribution in [-0.2, 0) is 0 Å². The molecule has 0 fully saturated rings. The van der Waals surface area contributed by atoms with E-state index in [0.717, 1.165) is 12.1 Å². The molecule has 0 aliphatic carbocycles. The second kappa shape index (κ2) is 4.14. The van der Waals surface area contributed by atoms with Crippen molar-refractivity contribution < 1.29 is 15.0 Å². The molecule has 5 N–H and O–H groups in total. The summed E-state index contributed by atoms with van der Waals surface area (Å²) in [6.45, 7) is 0. The van der Waals surface area contributed by atoms with Crippen LogP contribution in [0.15, 0.2) is 18.2 Å². The first kappa shape index (κ1) is 11.8. The Bertz CT molecular complexity index is 378. The molecular weight excluding hydrogens is 194 g/mol. The summed E-state index contributed by atoms with van der Waals surface area (Å²) in [6, 6.07) is 3.14. The fourth-order valence-electron chi connectivity index (χ4n) is 0.854. The molecule has 0 radical (unpaired) electrons. The highest BCUT2D eigenvalue weighted by atomic mass is 16.6. The molecule has 14 heavy (non-hydrogen) atoms. The molecule has 8 heteroatoms. The molecule has 0 heterocycles. The van der Waals surface area contributed by atoms with E-state index in [4.69, 9.17) is 5.11 Å². The number of aromatic hydroxyl groups is 1. The lowest BCUT2D eigenvalue weighted by atomic mass is 10.2. The van der Waals surface area contributed by atoms with Crippen molar-refractivity contribution in [3.63, 3.8) is 0 Å². The van der Waals surface area contributed by atoms with E-state index in [1.165, 1.54) is 6.07 Å². The maximum Gasteiger partial charge on any atom is 0.387 e. The maximum atomic E-state index is 10.3. The third kappa shape index (κ3) is 1.93. The van der Waals surface area contributed by atoms with Gasteiger partial charge in [0, 0.05) is 6.07 Å². The van der Waals surface area contributed by atoms with E-state index in [9.17, 15) is 20.2 Å². The number of rotatable bonds is 2. The van der Waals surface area contributed by atoms with Crippen molar-refractivity contribution in [3.05, 3.63) is 38.4 Å². The van der Waals surface area contributed by atoms with Crippen molar-refractivity contribution in [2.45, 2.75) is 0 Å². The Morgan fingerprint density at radius 3 is 2.07 bits per heavy atom. The van der Waals surface area contributed by atoms with Gasteiger partial charge in [0.25, 0.3) is 0 Å². The summed E-state index contributed by atoms with van der Waals surface area (Å²) in [7, 11) is 0. The topological polar surface area (TPSA) is 143 Å². The lowest BCUT2D eigenvalue weighted by Gasteiger charge is -1.95. The summed E-state index contributed by atoms with van der Waals surface area (Å²) in [6.07, 6.45) is 0. The van der Waals surface area contributed by atoms with Crippen molar-refractivity contribution >= 4 is 11.4 Å². The quantitative estimate of drug-likeness (QED) is 0.552. The van der Waals surface area contributed by atoms with Crippen LogP contribution in [0.5, 0.6) is 5.75 Å². The van der Waals surface area contributed by atoms with Gasteiger partial charge in [-0.2, -0.15) is 0 Å². The first-order chi connectivity index (χ1) is 6.04. The number of hydrogen-bond donors (Lipinski definition) is 2. The first-order valence-electron chi connectivity index (χ1n) is 3.15. The number of quaternary nitrogens is 1. The number of phenols is 1. The van der Waals surface area contributed by atoms with Gasteiger partial charge in [0.15, 0.2) is 0 Å². The van der Waals surface area contributed by atoms with Crippen LogP contribution in [0.4, 0.5) is 11.4 Å². The van der Waals surface area contributed by atoms with Gasteiger partial charge in [-0.1, -0.05) is 6.07 Å². The van der Waals surface area contributed by atoms with E-state index < -0.39 is 27.0 Å². The van der Waals surface area contributed by atoms with Crippen molar-refractivity contribution in [3.8, 4) is 5.75 Å². The predicted molar refractivity (Wildman–Crippen MR) is 47.4 cm³/mol. The van der Waals surface area contributed by atoms with E-state index >= 15 is 0 Å². The molecule has 0 saturated carbocycles. The van der Waals surface area contributed by atoms with E-state index in [1.807, 2.05) is 0 Å². The summed E-state index contributed by atoms with van der Waals surface area (Å²) < 4.78 is 0. The zero-order chi connectivity index (χ0) is 10.0. The number of benzene rings is 1. The first-order valence-corrected chi connectivity index (χ1v) is 3.15. The molecule has 8 nitrogen and oxygen atoms in total. The molecule has 0 aliphatic rings. The smallest absolute Gasteiger partial charge is 0.387 e. The second-order valence-corrected chi connectivity index (χ2v) is 2.16. The van der Waals surface area contributed by atoms with Crippen LogP contribution in [0.2, 0.25) is 0 Å². The second-order valence-electron chi connectivity index (χ2n) is 2.16. The summed E-state index contributed by atoms with van der Waals surface area (Å²) in [4.78, 5) is 18.6. The van der Waals surface area contributed by atoms with Crippen LogP contribution < -0.4 is 6.15 Å². The van der Waals surface area contributed by atoms with Crippen molar-refractivity contribution in [1.29, 1.82) is 0 Å². The summed E-state index contributed by atoms with van der Waals surface area (Å²) >= 11 is 0. The van der Waals surface area contributed by atoms with Gasteiger partial charge in [0.1, 0.15) is 0 Å². The summed E-state index contributed by atoms with van der Waals surface area (Å²) in [5, 5.41) is 29.5. The molecule has 1 aromatic carbocycles. The number of nitrogens with zero attached hydrogens (tertiary/aromatic N) is 2. The van der Waals surface area contributed by atoms with Gasteiger partial charge in [-0.3, -0.25) is 20.2 Å². The van der Waals surface area contributed by atoms with E-state index in [1.54, 1.807) is 0 Å². The Balaban J connectivity index is 0.00000169. The molecule has 0 aromatic heterocycles. The SMILES string of the molecule is O=[N+]([O-])c1cccc(O)c1[N+](=O)[O-].[NH4+]. The number of para-hydroxylation sites is 1. The maximum absolute atomic E-state index is 10.3. The average Bonchev–Trinajstić information content (AvgIpc) is 2.02. The van der Waals surface area contributed by atoms with Crippen molar-refractivity contribution in [1.82, 2.24) is 6.15 Å². The Morgan fingerprint density at radius 1 is 1.14 bits per heavy atom. The fraction of sp³-hybridized carbons (Fsp3) is 0. The molecule has 76 valence electrons. The summed E-state index contributed by atoms with van der Waals surface area (Å²) in [5.41, 5.74) is -1.60. The Labute approximate surface area is 77.7 Å². The van der Waals surface area contributed by atoms with E-state index in [0.29, 0.717) is 0 Å². The van der Waals surface area contributed by atoms with Crippen LogP contribution in [0.1, 0.15) is 0 Å².